The number of methoxy groups -OCH3 is 1. The van der Waals surface area contributed by atoms with E-state index in [9.17, 15) is 17.6 Å². The highest BCUT2D eigenvalue weighted by molar-refractivity contribution is 7.90. The number of hydrogen-bond acceptors (Lipinski definition) is 5. The van der Waals surface area contributed by atoms with Crippen molar-refractivity contribution in [1.29, 1.82) is 0 Å². The Labute approximate surface area is 158 Å². The maximum Gasteiger partial charge on any atom is 0.337 e. The number of carbonyl (C=O) groups is 1. The Bertz CT molecular complexity index is 1230. The molecule has 0 fully saturated rings. The van der Waals surface area contributed by atoms with Crippen molar-refractivity contribution in [2.24, 2.45) is 4.40 Å². The molecule has 27 heavy (non-hydrogen) atoms. The molecule has 0 aliphatic heterocycles. The van der Waals surface area contributed by atoms with Gasteiger partial charge in [0.25, 0.3) is 10.0 Å². The van der Waals surface area contributed by atoms with Crippen LogP contribution in [0.15, 0.2) is 51.8 Å². The van der Waals surface area contributed by atoms with Crippen LogP contribution in [-0.2, 0) is 21.3 Å². The fraction of sp³-hybridized carbons (Fsp3) is 0.111. The summed E-state index contributed by atoms with van der Waals surface area (Å²) in [5, 5.41) is 0. The molecule has 0 saturated carbocycles. The Morgan fingerprint density at radius 3 is 2.63 bits per heavy atom. The number of carbonyl (C=O) groups excluding carboxylic acids is 1. The molecule has 0 spiro atoms. The van der Waals surface area contributed by atoms with Crippen LogP contribution < -0.4 is 4.80 Å². The minimum Gasteiger partial charge on any atom is -0.465 e. The number of nitrogens with zero attached hydrogens (tertiary/aromatic N) is 2. The molecule has 0 amide bonds. The molecule has 3 rings (SSSR count). The molecule has 9 heteroatoms. The Kier molecular flexibility index (Phi) is 5.12. The van der Waals surface area contributed by atoms with Gasteiger partial charge in [0.1, 0.15) is 5.82 Å². The summed E-state index contributed by atoms with van der Waals surface area (Å²) in [5.74, 6) is 1.40. The van der Waals surface area contributed by atoms with E-state index in [4.69, 9.17) is 11.2 Å². The Morgan fingerprint density at radius 1 is 1.30 bits per heavy atom. The van der Waals surface area contributed by atoms with Gasteiger partial charge in [-0.05, 0) is 42.5 Å². The fourth-order valence-electron chi connectivity index (χ4n) is 2.39. The number of benzene rings is 2. The molecule has 0 aliphatic carbocycles. The van der Waals surface area contributed by atoms with Crippen LogP contribution in [0.4, 0.5) is 4.39 Å². The predicted molar refractivity (Wildman–Crippen MR) is 99.1 cm³/mol. The van der Waals surface area contributed by atoms with Gasteiger partial charge < -0.3 is 9.30 Å². The van der Waals surface area contributed by atoms with Crippen LogP contribution in [-0.4, -0.2) is 26.1 Å². The molecule has 0 bridgehead atoms. The van der Waals surface area contributed by atoms with Gasteiger partial charge in [-0.15, -0.1) is 10.8 Å². The summed E-state index contributed by atoms with van der Waals surface area (Å²) in [5.41, 5.74) is 0.964. The number of sulfonamides is 1. The van der Waals surface area contributed by atoms with Gasteiger partial charge in [-0.2, -0.15) is 8.42 Å². The Hall–Kier alpha value is -2.96. The first-order valence-corrected chi connectivity index (χ1v) is 9.83. The van der Waals surface area contributed by atoms with Crippen LogP contribution in [0, 0.1) is 18.2 Å². The zero-order chi connectivity index (χ0) is 19.6. The van der Waals surface area contributed by atoms with Gasteiger partial charge in [-0.1, -0.05) is 17.3 Å². The maximum atomic E-state index is 13.1. The highest BCUT2D eigenvalue weighted by atomic mass is 32.2. The van der Waals surface area contributed by atoms with Crippen LogP contribution in [0.5, 0.6) is 0 Å². The number of esters is 1. The molecule has 0 saturated heterocycles. The van der Waals surface area contributed by atoms with Crippen LogP contribution in [0.25, 0.3) is 10.2 Å². The lowest BCUT2D eigenvalue weighted by molar-refractivity contribution is 0.0601. The quantitative estimate of drug-likeness (QED) is 0.495. The van der Waals surface area contributed by atoms with Crippen molar-refractivity contribution in [3.63, 3.8) is 0 Å². The van der Waals surface area contributed by atoms with E-state index in [0.717, 1.165) is 35.6 Å². The average molecular weight is 404 g/mol. The first-order chi connectivity index (χ1) is 12.9. The summed E-state index contributed by atoms with van der Waals surface area (Å²) in [4.78, 5) is 11.7. The summed E-state index contributed by atoms with van der Waals surface area (Å²) in [7, 11) is -2.79. The third-order valence-corrected chi connectivity index (χ3v) is 6.10. The summed E-state index contributed by atoms with van der Waals surface area (Å²) >= 11 is 1.07. The fourth-order valence-corrected chi connectivity index (χ4v) is 4.67. The number of ether oxygens (including phenoxy) is 1. The average Bonchev–Trinajstić information content (AvgIpc) is 2.97. The standard InChI is InChI=1S/C18H13FN2O4S2/c1-3-10-21-15-9-4-12(17(22)25-2)11-16(15)26-18(21)20-27(23,24)14-7-5-13(19)6-8-14/h1,4-9,11H,10H2,2H3. The molecule has 1 heterocycles. The van der Waals surface area contributed by atoms with Crippen LogP contribution in [0.2, 0.25) is 0 Å². The summed E-state index contributed by atoms with van der Waals surface area (Å²) < 4.78 is 48.9. The second-order valence-electron chi connectivity index (χ2n) is 5.37. The third kappa shape index (κ3) is 3.77. The number of aromatic nitrogens is 1. The molecular formula is C18H13FN2O4S2. The minimum absolute atomic E-state index is 0.0926. The largest absolute Gasteiger partial charge is 0.465 e. The van der Waals surface area contributed by atoms with Crippen molar-refractivity contribution in [1.82, 2.24) is 4.57 Å². The molecule has 138 valence electrons. The lowest BCUT2D eigenvalue weighted by Gasteiger charge is -2.02. The van der Waals surface area contributed by atoms with E-state index >= 15 is 0 Å². The second kappa shape index (κ2) is 7.34. The Balaban J connectivity index is 2.21. The van der Waals surface area contributed by atoms with E-state index in [2.05, 4.69) is 10.3 Å². The summed E-state index contributed by atoms with van der Waals surface area (Å²) in [6.07, 6.45) is 5.40. The van der Waals surface area contributed by atoms with Crippen LogP contribution in [0.3, 0.4) is 0 Å². The lowest BCUT2D eigenvalue weighted by Crippen LogP contribution is -2.16. The minimum atomic E-state index is -4.06. The SMILES string of the molecule is C#CCn1c(=NS(=O)(=O)c2ccc(F)cc2)sc2cc(C(=O)OC)ccc21. The molecule has 1 aromatic heterocycles. The van der Waals surface area contributed by atoms with Gasteiger partial charge in [0.2, 0.25) is 4.80 Å². The van der Waals surface area contributed by atoms with Crippen LogP contribution in [0.1, 0.15) is 10.4 Å². The first kappa shape index (κ1) is 18.8. The van der Waals surface area contributed by atoms with Gasteiger partial charge in [-0.25, -0.2) is 9.18 Å². The van der Waals surface area contributed by atoms with E-state index in [1.807, 2.05) is 0 Å². The highest BCUT2D eigenvalue weighted by Crippen LogP contribution is 2.21. The smallest absolute Gasteiger partial charge is 0.337 e. The monoisotopic (exact) mass is 404 g/mol. The molecule has 2 aromatic carbocycles. The van der Waals surface area contributed by atoms with Gasteiger partial charge in [0.05, 0.1) is 34.3 Å². The molecule has 0 radical (unpaired) electrons. The third-order valence-electron chi connectivity index (χ3n) is 3.66. The number of fused-ring (bicyclic) bond motifs is 1. The molecule has 3 aromatic rings. The zero-order valence-corrected chi connectivity index (χ0v) is 15.7. The maximum absolute atomic E-state index is 13.1. The van der Waals surface area contributed by atoms with Gasteiger partial charge in [0.15, 0.2) is 0 Å². The van der Waals surface area contributed by atoms with E-state index in [1.54, 1.807) is 22.8 Å². The van der Waals surface area contributed by atoms with Crippen molar-refractivity contribution in [3.8, 4) is 12.3 Å². The molecule has 0 N–H and O–H groups in total. The molecule has 0 unspecified atom stereocenters. The molecular weight excluding hydrogens is 391 g/mol. The number of terminal acetylenes is 1. The lowest BCUT2D eigenvalue weighted by atomic mass is 10.2. The van der Waals surface area contributed by atoms with Crippen molar-refractivity contribution in [2.75, 3.05) is 7.11 Å². The molecule has 6 nitrogen and oxygen atoms in total. The highest BCUT2D eigenvalue weighted by Gasteiger charge is 2.16. The first-order valence-electron chi connectivity index (χ1n) is 7.57. The van der Waals surface area contributed by atoms with Crippen molar-refractivity contribution in [3.05, 3.63) is 58.6 Å². The summed E-state index contributed by atoms with van der Waals surface area (Å²) in [6, 6.07) is 9.18. The van der Waals surface area contributed by atoms with E-state index < -0.39 is 21.8 Å². The zero-order valence-electron chi connectivity index (χ0n) is 14.0. The van der Waals surface area contributed by atoms with Crippen LogP contribution >= 0.6 is 11.3 Å². The van der Waals surface area contributed by atoms with Crippen molar-refractivity contribution < 1.29 is 22.3 Å². The van der Waals surface area contributed by atoms with Gasteiger partial charge in [0, 0.05) is 0 Å². The molecule has 0 aliphatic rings. The van der Waals surface area contributed by atoms with E-state index in [-0.39, 0.29) is 16.2 Å². The number of hydrogen-bond donors (Lipinski definition) is 0. The van der Waals surface area contributed by atoms with E-state index in [1.165, 1.54) is 7.11 Å². The van der Waals surface area contributed by atoms with Gasteiger partial charge >= 0.3 is 5.97 Å². The number of rotatable bonds is 4. The topological polar surface area (TPSA) is 77.7 Å². The summed E-state index contributed by atoms with van der Waals surface area (Å²) in [6.45, 7) is 0.0926. The van der Waals surface area contributed by atoms with Crippen molar-refractivity contribution in [2.45, 2.75) is 11.4 Å². The predicted octanol–water partition coefficient (Wildman–Crippen LogP) is 2.55. The normalized spacial score (nSPS) is 12.1. The second-order valence-corrected chi connectivity index (χ2v) is 7.98. The number of thiazole rings is 1. The molecule has 0 atom stereocenters. The van der Waals surface area contributed by atoms with Crippen molar-refractivity contribution >= 4 is 37.5 Å². The Morgan fingerprint density at radius 2 is 2.00 bits per heavy atom. The van der Waals surface area contributed by atoms with E-state index in [0.29, 0.717) is 15.8 Å². The number of halogens is 1. The van der Waals surface area contributed by atoms with Gasteiger partial charge in [-0.3, -0.25) is 0 Å².